The summed E-state index contributed by atoms with van der Waals surface area (Å²) in [6, 6.07) is 20.2. The van der Waals surface area contributed by atoms with Crippen LogP contribution < -0.4 is 10.2 Å². The van der Waals surface area contributed by atoms with Crippen LogP contribution in [0.5, 0.6) is 0 Å². The molecule has 2 aliphatic rings. The van der Waals surface area contributed by atoms with E-state index in [1.54, 1.807) is 4.52 Å². The van der Waals surface area contributed by atoms with Gasteiger partial charge in [0.1, 0.15) is 0 Å². The second-order valence-electron chi connectivity index (χ2n) is 11.8. The molecule has 4 aromatic rings. The van der Waals surface area contributed by atoms with Gasteiger partial charge in [-0.25, -0.2) is 4.52 Å². The van der Waals surface area contributed by atoms with E-state index in [1.807, 2.05) is 48.5 Å². The molecule has 4 heterocycles. The van der Waals surface area contributed by atoms with E-state index in [-0.39, 0.29) is 11.9 Å². The first-order chi connectivity index (χ1) is 20.3. The SMILES string of the molecule is CCc1ccc(C2(O)CCN(c3cccn4nc(Nc5ccc(C(=O)N(C)C6CCN(C)CC6)cc5)nc34)CC2)cc1. The lowest BCUT2D eigenvalue weighted by Crippen LogP contribution is -2.44. The Hall–Kier alpha value is -3.95. The van der Waals surface area contributed by atoms with E-state index in [2.05, 4.69) is 64.5 Å². The molecule has 0 saturated carbocycles. The molecule has 0 atom stereocenters. The van der Waals surface area contributed by atoms with Crippen molar-refractivity contribution in [1.82, 2.24) is 24.4 Å². The van der Waals surface area contributed by atoms with Crippen LogP contribution in [0, 0.1) is 0 Å². The van der Waals surface area contributed by atoms with Gasteiger partial charge in [0.05, 0.1) is 11.3 Å². The number of aliphatic hydroxyl groups is 1. The second kappa shape index (κ2) is 11.7. The third kappa shape index (κ3) is 5.71. The highest BCUT2D eigenvalue weighted by molar-refractivity contribution is 5.94. The van der Waals surface area contributed by atoms with Crippen LogP contribution in [-0.2, 0) is 12.0 Å². The first-order valence-electron chi connectivity index (χ1n) is 15.1. The molecule has 9 heteroatoms. The minimum absolute atomic E-state index is 0.0537. The monoisotopic (exact) mass is 567 g/mol. The van der Waals surface area contributed by atoms with Crippen molar-refractivity contribution in [1.29, 1.82) is 0 Å². The molecule has 2 fully saturated rings. The fourth-order valence-corrected chi connectivity index (χ4v) is 6.23. The number of pyridine rings is 1. The number of hydrogen-bond donors (Lipinski definition) is 2. The molecule has 2 saturated heterocycles. The fourth-order valence-electron chi connectivity index (χ4n) is 6.23. The van der Waals surface area contributed by atoms with Crippen molar-refractivity contribution >= 4 is 28.9 Å². The number of nitrogens with zero attached hydrogens (tertiary/aromatic N) is 6. The zero-order valence-electron chi connectivity index (χ0n) is 24.8. The first kappa shape index (κ1) is 28.2. The quantitative estimate of drug-likeness (QED) is 0.335. The average Bonchev–Trinajstić information content (AvgIpc) is 3.44. The van der Waals surface area contributed by atoms with E-state index in [0.717, 1.165) is 68.0 Å². The molecule has 42 heavy (non-hydrogen) atoms. The van der Waals surface area contributed by atoms with Crippen molar-refractivity contribution in [2.75, 3.05) is 50.5 Å². The summed E-state index contributed by atoms with van der Waals surface area (Å²) in [7, 11) is 4.04. The summed E-state index contributed by atoms with van der Waals surface area (Å²) in [5.41, 5.74) is 4.73. The maximum Gasteiger partial charge on any atom is 0.253 e. The van der Waals surface area contributed by atoms with Crippen molar-refractivity contribution in [2.45, 2.75) is 50.7 Å². The summed E-state index contributed by atoms with van der Waals surface area (Å²) in [5, 5.41) is 19.4. The van der Waals surface area contributed by atoms with Gasteiger partial charge < -0.3 is 25.1 Å². The molecular weight excluding hydrogens is 526 g/mol. The number of piperidine rings is 2. The molecule has 9 nitrogen and oxygen atoms in total. The number of carbonyl (C=O) groups is 1. The predicted molar refractivity (Wildman–Crippen MR) is 166 cm³/mol. The highest BCUT2D eigenvalue weighted by Gasteiger charge is 2.34. The van der Waals surface area contributed by atoms with E-state index >= 15 is 0 Å². The number of fused-ring (bicyclic) bond motifs is 1. The van der Waals surface area contributed by atoms with Crippen LogP contribution >= 0.6 is 0 Å². The Morgan fingerprint density at radius 3 is 2.38 bits per heavy atom. The largest absolute Gasteiger partial charge is 0.385 e. The topological polar surface area (TPSA) is 89.2 Å². The van der Waals surface area contributed by atoms with Gasteiger partial charge in [-0.15, -0.1) is 5.10 Å². The summed E-state index contributed by atoms with van der Waals surface area (Å²) >= 11 is 0. The zero-order valence-corrected chi connectivity index (χ0v) is 24.8. The average molecular weight is 568 g/mol. The van der Waals surface area contributed by atoms with Crippen molar-refractivity contribution in [3.8, 4) is 0 Å². The molecule has 2 aromatic heterocycles. The fraction of sp³-hybridized carbons (Fsp3) is 0.424. The Balaban J connectivity index is 1.11. The molecule has 0 unspecified atom stereocenters. The highest BCUT2D eigenvalue weighted by Crippen LogP contribution is 2.35. The number of nitrogens with one attached hydrogen (secondary N) is 1. The summed E-state index contributed by atoms with van der Waals surface area (Å²) in [6.45, 7) is 5.63. The van der Waals surface area contributed by atoms with Gasteiger partial charge in [-0.2, -0.15) is 4.98 Å². The maximum absolute atomic E-state index is 13.1. The summed E-state index contributed by atoms with van der Waals surface area (Å²) in [4.78, 5) is 24.4. The van der Waals surface area contributed by atoms with Crippen molar-refractivity contribution in [2.24, 2.45) is 0 Å². The Labute approximate surface area is 247 Å². The lowest BCUT2D eigenvalue weighted by Gasteiger charge is -2.39. The van der Waals surface area contributed by atoms with E-state index < -0.39 is 5.60 Å². The molecule has 1 amide bonds. The lowest BCUT2D eigenvalue weighted by molar-refractivity contribution is 0.0118. The van der Waals surface area contributed by atoms with Gasteiger partial charge in [0.15, 0.2) is 5.65 Å². The molecule has 2 aromatic carbocycles. The number of carbonyl (C=O) groups excluding carboxylic acids is 1. The van der Waals surface area contributed by atoms with E-state index in [4.69, 9.17) is 4.98 Å². The normalized spacial score (nSPS) is 17.9. The second-order valence-corrected chi connectivity index (χ2v) is 11.8. The highest BCUT2D eigenvalue weighted by atomic mass is 16.3. The minimum atomic E-state index is -0.816. The van der Waals surface area contributed by atoms with Crippen molar-refractivity contribution < 1.29 is 9.90 Å². The van der Waals surface area contributed by atoms with Crippen molar-refractivity contribution in [3.63, 3.8) is 0 Å². The van der Waals surface area contributed by atoms with Crippen LogP contribution in [0.4, 0.5) is 17.3 Å². The number of aryl methyl sites for hydroxylation is 1. The predicted octanol–water partition coefficient (Wildman–Crippen LogP) is 4.69. The number of likely N-dealkylation sites (tertiary alicyclic amines) is 1. The van der Waals surface area contributed by atoms with Crippen LogP contribution in [0.25, 0.3) is 5.65 Å². The third-order valence-electron chi connectivity index (χ3n) is 9.12. The molecule has 6 rings (SSSR count). The Morgan fingerprint density at radius 2 is 1.71 bits per heavy atom. The lowest BCUT2D eigenvalue weighted by atomic mass is 9.84. The van der Waals surface area contributed by atoms with E-state index in [0.29, 0.717) is 24.4 Å². The van der Waals surface area contributed by atoms with Crippen LogP contribution in [0.1, 0.15) is 54.1 Å². The van der Waals surface area contributed by atoms with Gasteiger partial charge in [0.25, 0.3) is 5.91 Å². The van der Waals surface area contributed by atoms with Gasteiger partial charge in [0, 0.05) is 43.6 Å². The van der Waals surface area contributed by atoms with Crippen LogP contribution in [0.15, 0.2) is 66.9 Å². The van der Waals surface area contributed by atoms with Gasteiger partial charge in [-0.05, 0) is 99.8 Å². The first-order valence-corrected chi connectivity index (χ1v) is 15.1. The molecule has 0 aliphatic carbocycles. The van der Waals surface area contributed by atoms with Crippen LogP contribution in [0.3, 0.4) is 0 Å². The van der Waals surface area contributed by atoms with E-state index in [1.165, 1.54) is 5.56 Å². The molecule has 2 aliphatic heterocycles. The smallest absolute Gasteiger partial charge is 0.253 e. The standard InChI is InChI=1S/C33H41N7O2/c1-4-24-7-11-26(12-8-24)33(42)17-22-39(23-18-33)29-6-5-19-40-30(29)35-32(36-40)34-27-13-9-25(10-14-27)31(41)38(3)28-15-20-37(2)21-16-28/h5-14,19,28,42H,4,15-18,20-23H2,1-3H3,(H,34,36). The zero-order chi connectivity index (χ0) is 29.3. The van der Waals surface area contributed by atoms with Crippen molar-refractivity contribution in [3.05, 3.63) is 83.6 Å². The van der Waals surface area contributed by atoms with E-state index in [9.17, 15) is 9.90 Å². The van der Waals surface area contributed by atoms with Gasteiger partial charge in [0.2, 0.25) is 5.95 Å². The third-order valence-corrected chi connectivity index (χ3v) is 9.12. The van der Waals surface area contributed by atoms with Gasteiger partial charge in [-0.1, -0.05) is 31.2 Å². The number of benzene rings is 2. The van der Waals surface area contributed by atoms with Gasteiger partial charge in [-0.3, -0.25) is 4.79 Å². The number of amides is 1. The summed E-state index contributed by atoms with van der Waals surface area (Å²) in [6.07, 6.45) is 6.20. The molecule has 0 bridgehead atoms. The minimum Gasteiger partial charge on any atom is -0.385 e. The number of anilines is 3. The number of hydrogen-bond acceptors (Lipinski definition) is 7. The maximum atomic E-state index is 13.1. The van der Waals surface area contributed by atoms with Crippen LogP contribution in [-0.4, -0.2) is 81.7 Å². The van der Waals surface area contributed by atoms with Gasteiger partial charge >= 0.3 is 0 Å². The molecule has 220 valence electrons. The Bertz CT molecular complexity index is 1520. The molecule has 0 radical (unpaired) electrons. The number of aromatic nitrogens is 3. The molecule has 2 N–H and O–H groups in total. The summed E-state index contributed by atoms with van der Waals surface area (Å²) < 4.78 is 1.79. The molecule has 0 spiro atoms. The Kier molecular flexibility index (Phi) is 7.88. The van der Waals surface area contributed by atoms with Crippen LogP contribution in [0.2, 0.25) is 0 Å². The summed E-state index contributed by atoms with van der Waals surface area (Å²) in [5.74, 6) is 0.549. The Morgan fingerprint density at radius 1 is 1.02 bits per heavy atom. The number of rotatable bonds is 7. The molecular formula is C33H41N7O2.